The van der Waals surface area contributed by atoms with Crippen molar-refractivity contribution in [1.82, 2.24) is 19.8 Å². The number of anilines is 2. The van der Waals surface area contributed by atoms with Crippen molar-refractivity contribution in [1.29, 1.82) is 0 Å². The normalized spacial score (nSPS) is 21.3. The molecule has 4 rings (SSSR count). The highest BCUT2D eigenvalue weighted by atomic mass is 16.5. The van der Waals surface area contributed by atoms with Gasteiger partial charge >= 0.3 is 6.03 Å². The predicted molar refractivity (Wildman–Crippen MR) is 104 cm³/mol. The SMILES string of the molecule is CN(C)c1cc(N(C2CC2)C2CCN(C(=O)N3CCOCC3)CC2)ncn1. The van der Waals surface area contributed by atoms with Crippen molar-refractivity contribution in [2.45, 2.75) is 37.8 Å². The number of likely N-dealkylation sites (tertiary alicyclic amines) is 1. The lowest BCUT2D eigenvalue weighted by atomic mass is 10.0. The van der Waals surface area contributed by atoms with Crippen LogP contribution in [0.1, 0.15) is 25.7 Å². The number of piperidine rings is 1. The summed E-state index contributed by atoms with van der Waals surface area (Å²) in [4.78, 5) is 30.1. The number of carbonyl (C=O) groups is 1. The molecule has 3 heterocycles. The van der Waals surface area contributed by atoms with Gasteiger partial charge in [-0.2, -0.15) is 0 Å². The summed E-state index contributed by atoms with van der Waals surface area (Å²) in [6.07, 6.45) is 6.11. The van der Waals surface area contributed by atoms with Crippen molar-refractivity contribution in [3.63, 3.8) is 0 Å². The minimum Gasteiger partial charge on any atom is -0.378 e. The molecule has 2 amide bonds. The fourth-order valence-corrected chi connectivity index (χ4v) is 4.04. The Morgan fingerprint density at radius 2 is 1.56 bits per heavy atom. The highest BCUT2D eigenvalue weighted by molar-refractivity contribution is 5.74. The van der Waals surface area contributed by atoms with Crippen LogP contribution < -0.4 is 9.80 Å². The van der Waals surface area contributed by atoms with Crippen LogP contribution in [0.15, 0.2) is 12.4 Å². The van der Waals surface area contributed by atoms with Crippen LogP contribution in [-0.2, 0) is 4.74 Å². The Labute approximate surface area is 161 Å². The van der Waals surface area contributed by atoms with Gasteiger partial charge in [0, 0.05) is 58.4 Å². The first kappa shape index (κ1) is 18.3. The molecule has 0 atom stereocenters. The first-order valence-electron chi connectivity index (χ1n) is 10.0. The zero-order valence-corrected chi connectivity index (χ0v) is 16.4. The van der Waals surface area contributed by atoms with Gasteiger partial charge in [0.25, 0.3) is 0 Å². The molecule has 0 radical (unpaired) electrons. The van der Waals surface area contributed by atoms with Crippen molar-refractivity contribution in [3.05, 3.63) is 12.4 Å². The molecular weight excluding hydrogens is 344 g/mol. The zero-order chi connectivity index (χ0) is 18.8. The van der Waals surface area contributed by atoms with E-state index in [0.29, 0.717) is 38.4 Å². The van der Waals surface area contributed by atoms with Gasteiger partial charge in [-0.1, -0.05) is 0 Å². The lowest BCUT2D eigenvalue weighted by molar-refractivity contribution is 0.0411. The van der Waals surface area contributed by atoms with E-state index < -0.39 is 0 Å². The molecule has 3 fully saturated rings. The molecule has 0 spiro atoms. The number of urea groups is 1. The van der Waals surface area contributed by atoms with E-state index in [1.807, 2.05) is 28.8 Å². The maximum absolute atomic E-state index is 12.7. The second kappa shape index (κ2) is 7.88. The summed E-state index contributed by atoms with van der Waals surface area (Å²) in [7, 11) is 4.01. The van der Waals surface area contributed by atoms with E-state index in [2.05, 4.69) is 20.9 Å². The first-order valence-corrected chi connectivity index (χ1v) is 10.0. The van der Waals surface area contributed by atoms with E-state index in [0.717, 1.165) is 37.6 Å². The topological polar surface area (TPSA) is 65.0 Å². The van der Waals surface area contributed by atoms with E-state index >= 15 is 0 Å². The van der Waals surface area contributed by atoms with E-state index in [4.69, 9.17) is 4.74 Å². The summed E-state index contributed by atoms with van der Waals surface area (Å²) < 4.78 is 5.36. The standard InChI is InChI=1S/C19H30N6O2/c1-22(2)17-13-18(21-14-20-17)25(15-3-4-15)16-5-7-23(8-6-16)19(26)24-9-11-27-12-10-24/h13-16H,3-12H2,1-2H3. The number of nitrogens with zero attached hydrogens (tertiary/aromatic N) is 6. The fraction of sp³-hybridized carbons (Fsp3) is 0.737. The minimum atomic E-state index is 0.173. The molecule has 0 aromatic carbocycles. The van der Waals surface area contributed by atoms with Gasteiger partial charge in [0.1, 0.15) is 18.0 Å². The van der Waals surface area contributed by atoms with Crippen molar-refractivity contribution in [3.8, 4) is 0 Å². The van der Waals surface area contributed by atoms with Gasteiger partial charge in [-0.15, -0.1) is 0 Å². The van der Waals surface area contributed by atoms with Gasteiger partial charge in [-0.05, 0) is 25.7 Å². The molecule has 0 bridgehead atoms. The highest BCUT2D eigenvalue weighted by Gasteiger charge is 2.37. The molecule has 1 saturated carbocycles. The van der Waals surface area contributed by atoms with Gasteiger partial charge in [-0.25, -0.2) is 14.8 Å². The number of hydrogen-bond acceptors (Lipinski definition) is 6. The van der Waals surface area contributed by atoms with Crippen LogP contribution >= 0.6 is 0 Å². The van der Waals surface area contributed by atoms with Crippen LogP contribution in [0.2, 0.25) is 0 Å². The van der Waals surface area contributed by atoms with Crippen LogP contribution in [0.25, 0.3) is 0 Å². The number of carbonyl (C=O) groups excluding carboxylic acids is 1. The van der Waals surface area contributed by atoms with Crippen molar-refractivity contribution < 1.29 is 9.53 Å². The minimum absolute atomic E-state index is 0.173. The fourth-order valence-electron chi connectivity index (χ4n) is 4.04. The number of morpholine rings is 1. The third kappa shape index (κ3) is 4.10. The summed E-state index contributed by atoms with van der Waals surface area (Å²) >= 11 is 0. The summed E-state index contributed by atoms with van der Waals surface area (Å²) in [6, 6.07) is 3.29. The Morgan fingerprint density at radius 3 is 2.19 bits per heavy atom. The smallest absolute Gasteiger partial charge is 0.320 e. The monoisotopic (exact) mass is 374 g/mol. The zero-order valence-electron chi connectivity index (χ0n) is 16.4. The summed E-state index contributed by atoms with van der Waals surface area (Å²) in [5.74, 6) is 1.96. The Kier molecular flexibility index (Phi) is 5.33. The Hall–Kier alpha value is -2.09. The first-order chi connectivity index (χ1) is 13.1. The summed E-state index contributed by atoms with van der Waals surface area (Å²) in [5.41, 5.74) is 0. The maximum Gasteiger partial charge on any atom is 0.320 e. The average Bonchev–Trinajstić information content (AvgIpc) is 3.54. The molecule has 0 N–H and O–H groups in total. The number of hydrogen-bond donors (Lipinski definition) is 0. The highest BCUT2D eigenvalue weighted by Crippen LogP contribution is 2.36. The molecule has 1 aromatic heterocycles. The van der Waals surface area contributed by atoms with Gasteiger partial charge in [-0.3, -0.25) is 0 Å². The van der Waals surface area contributed by atoms with Crippen LogP contribution in [0.5, 0.6) is 0 Å². The second-order valence-corrected chi connectivity index (χ2v) is 7.87. The molecule has 8 heteroatoms. The number of rotatable bonds is 4. The van der Waals surface area contributed by atoms with Gasteiger partial charge < -0.3 is 24.3 Å². The van der Waals surface area contributed by atoms with Crippen molar-refractivity contribution >= 4 is 17.7 Å². The molecule has 2 saturated heterocycles. The van der Waals surface area contributed by atoms with Crippen LogP contribution in [0.3, 0.4) is 0 Å². The largest absolute Gasteiger partial charge is 0.378 e. The van der Waals surface area contributed by atoms with Crippen molar-refractivity contribution in [2.24, 2.45) is 0 Å². The lowest BCUT2D eigenvalue weighted by Gasteiger charge is -2.41. The van der Waals surface area contributed by atoms with E-state index in [1.165, 1.54) is 12.8 Å². The van der Waals surface area contributed by atoms with E-state index in [9.17, 15) is 4.79 Å². The molecule has 0 unspecified atom stereocenters. The van der Waals surface area contributed by atoms with Gasteiger partial charge in [0.15, 0.2) is 0 Å². The average molecular weight is 374 g/mol. The second-order valence-electron chi connectivity index (χ2n) is 7.87. The Balaban J connectivity index is 1.41. The Morgan fingerprint density at radius 1 is 0.963 bits per heavy atom. The van der Waals surface area contributed by atoms with Crippen LogP contribution in [0.4, 0.5) is 16.4 Å². The molecule has 2 aliphatic heterocycles. The quantitative estimate of drug-likeness (QED) is 0.794. The van der Waals surface area contributed by atoms with Crippen molar-refractivity contribution in [2.75, 3.05) is 63.3 Å². The number of amides is 2. The van der Waals surface area contributed by atoms with Gasteiger partial charge in [0.2, 0.25) is 0 Å². The summed E-state index contributed by atoms with van der Waals surface area (Å²) in [6.45, 7) is 4.35. The van der Waals surface area contributed by atoms with Crippen LogP contribution in [0, 0.1) is 0 Å². The third-order valence-electron chi connectivity index (χ3n) is 5.71. The number of aromatic nitrogens is 2. The Bertz CT molecular complexity index is 651. The molecule has 1 aliphatic carbocycles. The molecule has 3 aliphatic rings. The van der Waals surface area contributed by atoms with Crippen LogP contribution in [-0.4, -0.2) is 91.4 Å². The molecule has 1 aromatic rings. The maximum atomic E-state index is 12.7. The molecule has 148 valence electrons. The van der Waals surface area contributed by atoms with E-state index in [1.54, 1.807) is 6.33 Å². The van der Waals surface area contributed by atoms with Gasteiger partial charge in [0.05, 0.1) is 13.2 Å². The summed E-state index contributed by atoms with van der Waals surface area (Å²) in [5, 5.41) is 0. The molecular formula is C19H30N6O2. The number of ether oxygens (including phenoxy) is 1. The lowest BCUT2D eigenvalue weighted by Crippen LogP contribution is -2.53. The molecule has 27 heavy (non-hydrogen) atoms. The molecule has 8 nitrogen and oxygen atoms in total. The van der Waals surface area contributed by atoms with E-state index in [-0.39, 0.29) is 6.03 Å². The predicted octanol–water partition coefficient (Wildman–Crippen LogP) is 1.43. The third-order valence-corrected chi connectivity index (χ3v) is 5.71.